The van der Waals surface area contributed by atoms with E-state index < -0.39 is 0 Å². The van der Waals surface area contributed by atoms with Crippen molar-refractivity contribution in [1.82, 2.24) is 14.4 Å². The lowest BCUT2D eigenvalue weighted by atomic mass is 10.1. The summed E-state index contributed by atoms with van der Waals surface area (Å²) in [5.41, 5.74) is 14.1. The number of nitrogen functional groups attached to an aromatic ring is 1. The molecule has 0 spiro atoms. The van der Waals surface area contributed by atoms with Crippen LogP contribution in [0.3, 0.4) is 0 Å². The molecule has 0 aliphatic carbocycles. The highest BCUT2D eigenvalue weighted by Gasteiger charge is 2.20. The van der Waals surface area contributed by atoms with Crippen LogP contribution in [0.5, 0.6) is 0 Å². The SMILES string of the molecule is Cc1cccc2c1nc(N)n1cc(Cc3ccccc3N3CCN(c4ccccc4)CC3)nc21. The maximum absolute atomic E-state index is 6.30. The Morgan fingerprint density at radius 2 is 1.53 bits per heavy atom. The highest BCUT2D eigenvalue weighted by Crippen LogP contribution is 2.28. The summed E-state index contributed by atoms with van der Waals surface area (Å²) in [6, 6.07) is 25.6. The summed E-state index contributed by atoms with van der Waals surface area (Å²) in [4.78, 5) is 14.6. The predicted molar refractivity (Wildman–Crippen MR) is 140 cm³/mol. The topological polar surface area (TPSA) is 62.7 Å². The van der Waals surface area contributed by atoms with Gasteiger partial charge in [-0.3, -0.25) is 4.40 Å². The number of piperazine rings is 1. The number of hydrogen-bond acceptors (Lipinski definition) is 5. The monoisotopic (exact) mass is 448 g/mol. The van der Waals surface area contributed by atoms with Crippen LogP contribution >= 0.6 is 0 Å². The van der Waals surface area contributed by atoms with Crippen LogP contribution in [0, 0.1) is 6.92 Å². The van der Waals surface area contributed by atoms with E-state index in [4.69, 9.17) is 10.7 Å². The number of nitrogens with zero attached hydrogens (tertiary/aromatic N) is 5. The zero-order valence-corrected chi connectivity index (χ0v) is 19.4. The minimum atomic E-state index is 0.473. The number of anilines is 3. The fourth-order valence-electron chi connectivity index (χ4n) is 5.04. The maximum atomic E-state index is 6.30. The molecule has 5 aromatic rings. The number of aryl methyl sites for hydroxylation is 1. The molecule has 34 heavy (non-hydrogen) atoms. The third-order valence-corrected chi connectivity index (χ3v) is 6.81. The van der Waals surface area contributed by atoms with Crippen molar-refractivity contribution in [3.05, 3.63) is 95.8 Å². The van der Waals surface area contributed by atoms with Crippen molar-refractivity contribution in [2.45, 2.75) is 13.3 Å². The van der Waals surface area contributed by atoms with Crippen LogP contribution in [0.25, 0.3) is 16.6 Å². The Labute approximate surface area is 199 Å². The molecule has 3 aromatic carbocycles. The molecule has 0 amide bonds. The summed E-state index contributed by atoms with van der Waals surface area (Å²) in [7, 11) is 0. The molecule has 1 aliphatic heterocycles. The van der Waals surface area contributed by atoms with Gasteiger partial charge in [-0.2, -0.15) is 0 Å². The number of benzene rings is 3. The van der Waals surface area contributed by atoms with Crippen molar-refractivity contribution >= 4 is 33.9 Å². The van der Waals surface area contributed by atoms with E-state index in [1.165, 1.54) is 16.9 Å². The molecule has 0 unspecified atom stereocenters. The highest BCUT2D eigenvalue weighted by atomic mass is 15.3. The molecule has 1 saturated heterocycles. The average molecular weight is 449 g/mol. The van der Waals surface area contributed by atoms with Gasteiger partial charge in [-0.1, -0.05) is 48.5 Å². The summed E-state index contributed by atoms with van der Waals surface area (Å²) in [5.74, 6) is 0.473. The molecule has 2 N–H and O–H groups in total. The lowest BCUT2D eigenvalue weighted by Crippen LogP contribution is -2.46. The minimum Gasteiger partial charge on any atom is -0.369 e. The van der Waals surface area contributed by atoms with Gasteiger partial charge in [0.2, 0.25) is 5.95 Å². The molecule has 0 saturated carbocycles. The van der Waals surface area contributed by atoms with Crippen LogP contribution in [-0.4, -0.2) is 40.5 Å². The molecule has 1 aliphatic rings. The second kappa shape index (κ2) is 8.37. The number of imidazole rings is 1. The van der Waals surface area contributed by atoms with E-state index in [0.717, 1.165) is 60.4 Å². The molecule has 0 radical (unpaired) electrons. The van der Waals surface area contributed by atoms with E-state index in [1.807, 2.05) is 16.7 Å². The largest absolute Gasteiger partial charge is 0.369 e. The Kier molecular flexibility index (Phi) is 5.06. The van der Waals surface area contributed by atoms with Crippen molar-refractivity contribution in [2.24, 2.45) is 0 Å². The number of aromatic nitrogens is 3. The molecule has 0 bridgehead atoms. The Bertz CT molecular complexity index is 1470. The normalized spacial score (nSPS) is 14.3. The van der Waals surface area contributed by atoms with Crippen LogP contribution < -0.4 is 15.5 Å². The van der Waals surface area contributed by atoms with Crippen LogP contribution in [0.15, 0.2) is 79.0 Å². The number of rotatable bonds is 4. The van der Waals surface area contributed by atoms with E-state index in [-0.39, 0.29) is 0 Å². The summed E-state index contributed by atoms with van der Waals surface area (Å²) < 4.78 is 1.92. The second-order valence-corrected chi connectivity index (χ2v) is 8.98. The van der Waals surface area contributed by atoms with Crippen LogP contribution in [0.2, 0.25) is 0 Å². The van der Waals surface area contributed by atoms with E-state index >= 15 is 0 Å². The number of hydrogen-bond donors (Lipinski definition) is 1. The minimum absolute atomic E-state index is 0.473. The fourth-order valence-corrected chi connectivity index (χ4v) is 5.04. The molecule has 6 heteroatoms. The van der Waals surface area contributed by atoms with E-state index in [9.17, 15) is 0 Å². The molecule has 3 heterocycles. The first-order valence-corrected chi connectivity index (χ1v) is 11.8. The van der Waals surface area contributed by atoms with E-state index in [2.05, 4.69) is 88.4 Å². The molecule has 6 nitrogen and oxygen atoms in total. The number of nitrogens with two attached hydrogens (primary N) is 1. The lowest BCUT2D eigenvalue weighted by Gasteiger charge is -2.38. The zero-order chi connectivity index (χ0) is 23.1. The van der Waals surface area contributed by atoms with Gasteiger partial charge < -0.3 is 15.5 Å². The molecule has 2 aromatic heterocycles. The zero-order valence-electron chi connectivity index (χ0n) is 19.4. The second-order valence-electron chi connectivity index (χ2n) is 8.98. The fraction of sp³-hybridized carbons (Fsp3) is 0.214. The maximum Gasteiger partial charge on any atom is 0.206 e. The summed E-state index contributed by atoms with van der Waals surface area (Å²) in [5, 5.41) is 1.03. The summed E-state index contributed by atoms with van der Waals surface area (Å²) in [6.45, 7) is 6.08. The molecular formula is C28H28N6. The Morgan fingerprint density at radius 3 is 2.35 bits per heavy atom. The highest BCUT2D eigenvalue weighted by molar-refractivity contribution is 5.94. The Balaban J connectivity index is 1.28. The molecule has 6 rings (SSSR count). The van der Waals surface area contributed by atoms with Gasteiger partial charge in [-0.25, -0.2) is 9.97 Å². The lowest BCUT2D eigenvalue weighted by molar-refractivity contribution is 0.651. The van der Waals surface area contributed by atoms with Gasteiger partial charge in [0.15, 0.2) is 0 Å². The summed E-state index contributed by atoms with van der Waals surface area (Å²) in [6.07, 6.45) is 2.78. The third-order valence-electron chi connectivity index (χ3n) is 6.81. The average Bonchev–Trinajstić information content (AvgIpc) is 3.31. The van der Waals surface area contributed by atoms with Crippen LogP contribution in [-0.2, 0) is 6.42 Å². The predicted octanol–water partition coefficient (Wildman–Crippen LogP) is 4.69. The van der Waals surface area contributed by atoms with E-state index in [0.29, 0.717) is 5.95 Å². The third kappa shape index (κ3) is 3.61. The van der Waals surface area contributed by atoms with Crippen molar-refractivity contribution < 1.29 is 0 Å². The van der Waals surface area contributed by atoms with Crippen molar-refractivity contribution in [3.63, 3.8) is 0 Å². The van der Waals surface area contributed by atoms with Crippen LogP contribution in [0.1, 0.15) is 16.8 Å². The standard InChI is InChI=1S/C28H28N6/c1-20-8-7-12-24-26(20)31-28(29)34-19-22(30-27(24)34)18-21-9-5-6-13-25(21)33-16-14-32(15-17-33)23-10-3-2-4-11-23/h2-13,19H,14-18H2,1H3,(H2,29,31). The van der Waals surface area contributed by atoms with Gasteiger partial charge in [-0.15, -0.1) is 0 Å². The van der Waals surface area contributed by atoms with Crippen molar-refractivity contribution in [1.29, 1.82) is 0 Å². The molecule has 0 atom stereocenters. The number of para-hydroxylation sites is 3. The van der Waals surface area contributed by atoms with Gasteiger partial charge in [0.05, 0.1) is 11.2 Å². The Morgan fingerprint density at radius 1 is 0.794 bits per heavy atom. The van der Waals surface area contributed by atoms with Gasteiger partial charge >= 0.3 is 0 Å². The van der Waals surface area contributed by atoms with Crippen molar-refractivity contribution in [2.75, 3.05) is 41.7 Å². The first-order valence-electron chi connectivity index (χ1n) is 11.8. The van der Waals surface area contributed by atoms with Gasteiger partial charge in [0.1, 0.15) is 5.65 Å². The number of fused-ring (bicyclic) bond motifs is 3. The summed E-state index contributed by atoms with van der Waals surface area (Å²) >= 11 is 0. The smallest absolute Gasteiger partial charge is 0.206 e. The first-order chi connectivity index (χ1) is 16.7. The van der Waals surface area contributed by atoms with Gasteiger partial charge in [0.25, 0.3) is 0 Å². The Hall–Kier alpha value is -4.06. The van der Waals surface area contributed by atoms with Crippen molar-refractivity contribution in [3.8, 4) is 0 Å². The van der Waals surface area contributed by atoms with Gasteiger partial charge in [-0.05, 0) is 42.3 Å². The van der Waals surface area contributed by atoms with Crippen LogP contribution in [0.4, 0.5) is 17.3 Å². The van der Waals surface area contributed by atoms with Gasteiger partial charge in [0, 0.05) is 55.6 Å². The molecular weight excluding hydrogens is 420 g/mol. The molecule has 1 fully saturated rings. The first kappa shape index (κ1) is 20.5. The van der Waals surface area contributed by atoms with E-state index in [1.54, 1.807) is 0 Å². The molecule has 170 valence electrons. The quantitative estimate of drug-likeness (QED) is 0.432.